The van der Waals surface area contributed by atoms with E-state index in [2.05, 4.69) is 28.1 Å². The summed E-state index contributed by atoms with van der Waals surface area (Å²) < 4.78 is 108. The van der Waals surface area contributed by atoms with Crippen LogP contribution in [0.1, 0.15) is 84.8 Å². The van der Waals surface area contributed by atoms with Gasteiger partial charge in [-0.05, 0) is 134 Å². The molecule has 2 aliphatic heterocycles. The van der Waals surface area contributed by atoms with Crippen molar-refractivity contribution in [2.75, 3.05) is 18.0 Å². The van der Waals surface area contributed by atoms with E-state index in [1.165, 1.54) is 26.0 Å². The predicted molar refractivity (Wildman–Crippen MR) is 255 cm³/mol. The lowest BCUT2D eigenvalue weighted by molar-refractivity contribution is -0.438. The summed E-state index contributed by atoms with van der Waals surface area (Å²) in [6, 6.07) is 17.8. The molecule has 4 aromatic rings. The Morgan fingerprint density at radius 3 is 2.12 bits per heavy atom. The van der Waals surface area contributed by atoms with E-state index >= 15 is 0 Å². The second kappa shape index (κ2) is 18.3. The van der Waals surface area contributed by atoms with Gasteiger partial charge in [-0.3, -0.25) is 13.7 Å². The summed E-state index contributed by atoms with van der Waals surface area (Å²) in [6.45, 7) is 11.8. The van der Waals surface area contributed by atoms with Gasteiger partial charge >= 0.3 is 0 Å². The Hall–Kier alpha value is -3.92. The van der Waals surface area contributed by atoms with Gasteiger partial charge in [0.05, 0.1) is 32.9 Å². The van der Waals surface area contributed by atoms with E-state index in [9.17, 15) is 38.9 Å². The van der Waals surface area contributed by atoms with Crippen LogP contribution in [0.2, 0.25) is 0 Å². The lowest BCUT2D eigenvalue weighted by atomic mass is 9.78. The number of anilines is 1. The molecule has 0 bridgehead atoms. The van der Waals surface area contributed by atoms with Gasteiger partial charge in [-0.1, -0.05) is 60.8 Å². The molecule has 19 heteroatoms. The van der Waals surface area contributed by atoms with Crippen LogP contribution >= 0.6 is 23.6 Å². The quantitative estimate of drug-likeness (QED) is 0.0287. The third-order valence-corrected chi connectivity index (χ3v) is 17.4. The fourth-order valence-electron chi connectivity index (χ4n) is 9.38. The van der Waals surface area contributed by atoms with Gasteiger partial charge in [-0.15, -0.1) is 4.33 Å². The van der Waals surface area contributed by atoms with Crippen LogP contribution in [-0.4, -0.2) is 78.0 Å². The van der Waals surface area contributed by atoms with Crippen LogP contribution in [0.3, 0.4) is 0 Å². The van der Waals surface area contributed by atoms with Crippen molar-refractivity contribution >= 4 is 92.6 Å². The number of fused-ring (bicyclic) bond motifs is 6. The Kier molecular flexibility index (Phi) is 13.8. The second-order valence-corrected chi connectivity index (χ2v) is 24.1. The van der Waals surface area contributed by atoms with Crippen molar-refractivity contribution in [3.63, 3.8) is 0 Å². The van der Waals surface area contributed by atoms with E-state index in [-0.39, 0.29) is 24.3 Å². The summed E-state index contributed by atoms with van der Waals surface area (Å²) in [5.74, 6) is 0. The highest BCUT2D eigenvalue weighted by atomic mass is 35.5. The number of nitrogens with zero attached hydrogens (tertiary/aromatic N) is 2. The maximum atomic E-state index is 12.1. The topological polar surface area (TPSA) is 208 Å². The minimum atomic E-state index is -4.45. The molecule has 0 radical (unpaired) electrons. The first kappa shape index (κ1) is 49.0. The first-order chi connectivity index (χ1) is 30.3. The summed E-state index contributed by atoms with van der Waals surface area (Å²) in [7, 11) is -13.0. The average Bonchev–Trinajstić information content (AvgIpc) is 3.59. The van der Waals surface area contributed by atoms with Crippen molar-refractivity contribution in [2.24, 2.45) is 0 Å². The van der Waals surface area contributed by atoms with Crippen LogP contribution in [0.25, 0.3) is 21.5 Å². The largest absolute Gasteiger partial charge is 0.344 e. The lowest BCUT2D eigenvalue weighted by Gasteiger charge is -2.28. The number of hydrogen-bond donors (Lipinski definition) is 4. The molecule has 0 spiro atoms. The molecule has 2 heterocycles. The summed E-state index contributed by atoms with van der Waals surface area (Å²) in [6.07, 6.45) is 10.5. The highest BCUT2D eigenvalue weighted by molar-refractivity contribution is 7.94. The van der Waals surface area contributed by atoms with Crippen molar-refractivity contribution in [2.45, 2.75) is 105 Å². The molecular formula is C46H52ClN2O12S4+. The number of hydrogen-bond acceptors (Lipinski definition) is 11. The molecule has 348 valence electrons. The summed E-state index contributed by atoms with van der Waals surface area (Å²) in [5.41, 5.74) is 5.90. The van der Waals surface area contributed by atoms with Gasteiger partial charge in [0.2, 0.25) is 5.69 Å². The van der Waals surface area contributed by atoms with E-state index in [4.69, 9.17) is 16.9 Å². The molecule has 0 saturated heterocycles. The molecule has 0 fully saturated rings. The van der Waals surface area contributed by atoms with Gasteiger partial charge in [0.15, 0.2) is 12.3 Å². The molecule has 0 saturated carbocycles. The molecule has 65 heavy (non-hydrogen) atoms. The maximum Gasteiger partial charge on any atom is 0.294 e. The molecule has 4 N–H and O–H groups in total. The Balaban J connectivity index is 1.28. The molecule has 4 aromatic carbocycles. The van der Waals surface area contributed by atoms with Crippen molar-refractivity contribution in [3.8, 4) is 0 Å². The van der Waals surface area contributed by atoms with Crippen LogP contribution in [-0.2, 0) is 50.6 Å². The van der Waals surface area contributed by atoms with E-state index in [0.29, 0.717) is 34.7 Å². The van der Waals surface area contributed by atoms with Crippen molar-refractivity contribution < 1.29 is 58.1 Å². The van der Waals surface area contributed by atoms with Gasteiger partial charge in [-0.2, -0.15) is 29.8 Å². The lowest BCUT2D eigenvalue weighted by Crippen LogP contribution is -2.30. The van der Waals surface area contributed by atoms with Crippen molar-refractivity contribution in [1.29, 1.82) is 0 Å². The Morgan fingerprint density at radius 1 is 0.800 bits per heavy atom. The number of halogens is 1. The zero-order valence-electron chi connectivity index (χ0n) is 36.6. The molecule has 2 atom stereocenters. The fraction of sp³-hybridized carbons (Fsp3) is 0.370. The summed E-state index contributed by atoms with van der Waals surface area (Å²) >= 11 is 8.14. The van der Waals surface area contributed by atoms with Crippen molar-refractivity contribution in [3.05, 3.63) is 118 Å². The Morgan fingerprint density at radius 2 is 1.45 bits per heavy atom. The van der Waals surface area contributed by atoms with Gasteiger partial charge in [0.1, 0.15) is 0 Å². The normalized spacial score (nSPS) is 19.9. The van der Waals surface area contributed by atoms with Gasteiger partial charge in [0.25, 0.3) is 30.4 Å². The molecule has 14 nitrogen and oxygen atoms in total. The molecule has 3 aliphatic rings. The molecule has 0 aromatic heterocycles. The van der Waals surface area contributed by atoms with Gasteiger partial charge in [-0.25, -0.2) is 5.26 Å². The fourth-order valence-corrected chi connectivity index (χ4v) is 11.4. The summed E-state index contributed by atoms with van der Waals surface area (Å²) in [5, 5.41) is 14.3. The first-order valence-corrected chi connectivity index (χ1v) is 26.5. The maximum absolute atomic E-state index is 12.1. The van der Waals surface area contributed by atoms with Gasteiger partial charge < -0.3 is 4.90 Å². The van der Waals surface area contributed by atoms with Gasteiger partial charge in [0, 0.05) is 57.4 Å². The minimum absolute atomic E-state index is 0.118. The average molecular weight is 989 g/mol. The molecule has 7 rings (SSSR count). The zero-order chi connectivity index (χ0) is 47.4. The van der Waals surface area contributed by atoms with Crippen LogP contribution in [0.5, 0.6) is 0 Å². The number of benzene rings is 4. The van der Waals surface area contributed by atoms with E-state index < -0.39 is 51.7 Å². The Bertz CT molecular complexity index is 3100. The number of allylic oxidation sites excluding steroid dienone is 8. The Labute approximate surface area is 389 Å². The van der Waals surface area contributed by atoms with E-state index in [0.717, 1.165) is 79.7 Å². The van der Waals surface area contributed by atoms with Crippen LogP contribution in [0, 0.1) is 0 Å². The summed E-state index contributed by atoms with van der Waals surface area (Å²) in [4.78, 5) is 2.57. The van der Waals surface area contributed by atoms with E-state index in [1.54, 1.807) is 12.1 Å². The minimum Gasteiger partial charge on any atom is -0.344 e. The standard InChI is InChI=1S/C46H51ClN2O12S4/c1-28(63(51,52)53)22-24-48-38-18-10-32-26-34(62-61-60-50)14-16-36(32)42(38)45(3,4)40(48)20-12-30-8-7-9-31(44(30)47)13-21-41-46(5,6)43-37-17-15-35(65(57,58)59)27-33(37)11-19-39(43)49(41)25-23-29(2)64(54,55)56/h10-21,26-29H,7-9,22-25H2,1-6H3,(H3-,50,51,52,53,54,55,56,57,58,59)/p+1. The highest BCUT2D eigenvalue weighted by Gasteiger charge is 2.46. The molecular weight excluding hydrogens is 936 g/mol. The zero-order valence-corrected chi connectivity index (χ0v) is 40.7. The monoisotopic (exact) mass is 987 g/mol. The smallest absolute Gasteiger partial charge is 0.294 e. The molecule has 2 unspecified atom stereocenters. The van der Waals surface area contributed by atoms with Crippen LogP contribution < -0.4 is 4.90 Å². The highest BCUT2D eigenvalue weighted by Crippen LogP contribution is 2.52. The molecule has 0 amide bonds. The predicted octanol–water partition coefficient (Wildman–Crippen LogP) is 10.2. The second-order valence-electron chi connectivity index (χ2n) is 17.8. The van der Waals surface area contributed by atoms with Crippen LogP contribution in [0.4, 0.5) is 11.4 Å². The van der Waals surface area contributed by atoms with Crippen LogP contribution in [0.15, 0.2) is 117 Å². The van der Waals surface area contributed by atoms with E-state index in [1.807, 2.05) is 79.1 Å². The number of rotatable bonds is 15. The third kappa shape index (κ3) is 9.76. The third-order valence-electron chi connectivity index (χ3n) is 13.0. The SMILES string of the molecule is CC(CCN1/C(=C/C=C2\CCCC(/C=C/C3=[N+](CCC(C)S(=O)(=O)O)c4ccc5cc(S(=O)(=O)O)ccc5c4C3(C)C)=C2Cl)C(C)(C)c2c1ccc1cc(SOOO)ccc21)S(=O)(=O)O. The molecule has 1 aliphatic carbocycles. The van der Waals surface area contributed by atoms with Crippen molar-refractivity contribution in [1.82, 2.24) is 0 Å². The first-order valence-electron chi connectivity index (χ1n) is 21.0.